The van der Waals surface area contributed by atoms with Gasteiger partial charge in [-0.1, -0.05) is 29.8 Å². The second kappa shape index (κ2) is 4.19. The first-order chi connectivity index (χ1) is 6.63. The van der Waals surface area contributed by atoms with Gasteiger partial charge in [-0.3, -0.25) is 10.1 Å². The molecule has 1 rings (SSSR count). The lowest BCUT2D eigenvalue weighted by Gasteiger charge is -1.93. The van der Waals surface area contributed by atoms with Crippen molar-refractivity contribution in [1.82, 2.24) is 0 Å². The number of nitrogens with zero attached hydrogens (tertiary/aromatic N) is 2. The fourth-order valence-corrected chi connectivity index (χ4v) is 0.946. The molecule has 0 spiro atoms. The van der Waals surface area contributed by atoms with Crippen LogP contribution in [0.1, 0.15) is 11.1 Å². The van der Waals surface area contributed by atoms with Crippen molar-refractivity contribution in [3.05, 3.63) is 51.2 Å². The SMILES string of the molecule is Cc1ccc(C=C(C#N)[N+](=O)[O-])cc1. The van der Waals surface area contributed by atoms with Crippen LogP contribution in [0.2, 0.25) is 0 Å². The molecule has 70 valence electrons. The molecule has 1 aromatic carbocycles. The summed E-state index contributed by atoms with van der Waals surface area (Å²) in [4.78, 5) is 9.62. The third-order valence-electron chi connectivity index (χ3n) is 1.69. The number of hydrogen-bond acceptors (Lipinski definition) is 3. The van der Waals surface area contributed by atoms with Crippen molar-refractivity contribution in [2.24, 2.45) is 0 Å². The maximum Gasteiger partial charge on any atom is 0.346 e. The first kappa shape index (κ1) is 9.93. The molecule has 0 fully saturated rings. The molecule has 0 aliphatic carbocycles. The molecule has 0 aliphatic heterocycles. The van der Waals surface area contributed by atoms with Crippen molar-refractivity contribution in [2.45, 2.75) is 6.92 Å². The maximum absolute atomic E-state index is 10.3. The van der Waals surface area contributed by atoms with Crippen molar-refractivity contribution in [1.29, 1.82) is 5.26 Å². The quantitative estimate of drug-likeness (QED) is 0.405. The van der Waals surface area contributed by atoms with E-state index in [9.17, 15) is 10.1 Å². The summed E-state index contributed by atoms with van der Waals surface area (Å²) >= 11 is 0. The molecule has 1 aromatic rings. The summed E-state index contributed by atoms with van der Waals surface area (Å²) in [7, 11) is 0. The van der Waals surface area contributed by atoms with Gasteiger partial charge in [-0.15, -0.1) is 0 Å². The van der Waals surface area contributed by atoms with Crippen molar-refractivity contribution < 1.29 is 4.92 Å². The first-order valence-electron chi connectivity index (χ1n) is 3.96. The second-order valence-corrected chi connectivity index (χ2v) is 2.81. The highest BCUT2D eigenvalue weighted by molar-refractivity contribution is 5.54. The minimum Gasteiger partial charge on any atom is -0.258 e. The molecule has 0 saturated carbocycles. The third-order valence-corrected chi connectivity index (χ3v) is 1.69. The van der Waals surface area contributed by atoms with Gasteiger partial charge in [0.2, 0.25) is 0 Å². The van der Waals surface area contributed by atoms with Crippen LogP contribution in [0.5, 0.6) is 0 Å². The van der Waals surface area contributed by atoms with Crippen LogP contribution in [0.25, 0.3) is 6.08 Å². The van der Waals surface area contributed by atoms with Gasteiger partial charge in [-0.25, -0.2) is 0 Å². The normalized spacial score (nSPS) is 10.7. The summed E-state index contributed by atoms with van der Waals surface area (Å²) in [6.45, 7) is 1.92. The Morgan fingerprint density at radius 1 is 1.50 bits per heavy atom. The highest BCUT2D eigenvalue weighted by Crippen LogP contribution is 2.08. The van der Waals surface area contributed by atoms with Crippen molar-refractivity contribution in [3.8, 4) is 6.07 Å². The van der Waals surface area contributed by atoms with Gasteiger partial charge in [-0.2, -0.15) is 5.26 Å². The van der Waals surface area contributed by atoms with E-state index in [1.165, 1.54) is 12.1 Å². The summed E-state index contributed by atoms with van der Waals surface area (Å²) in [5, 5.41) is 18.8. The predicted molar refractivity (Wildman–Crippen MR) is 51.8 cm³/mol. The van der Waals surface area contributed by atoms with Crippen molar-refractivity contribution in [3.63, 3.8) is 0 Å². The molecule has 4 nitrogen and oxygen atoms in total. The fraction of sp³-hybridized carbons (Fsp3) is 0.100. The van der Waals surface area contributed by atoms with Crippen LogP contribution in [0.4, 0.5) is 0 Å². The second-order valence-electron chi connectivity index (χ2n) is 2.81. The highest BCUT2D eigenvalue weighted by Gasteiger charge is 2.07. The molecule has 0 heterocycles. The van der Waals surface area contributed by atoms with E-state index >= 15 is 0 Å². The van der Waals surface area contributed by atoms with Crippen LogP contribution in [0.3, 0.4) is 0 Å². The van der Waals surface area contributed by atoms with Gasteiger partial charge in [0, 0.05) is 6.08 Å². The smallest absolute Gasteiger partial charge is 0.258 e. The van der Waals surface area contributed by atoms with Crippen LogP contribution < -0.4 is 0 Å². The van der Waals surface area contributed by atoms with Gasteiger partial charge in [-0.05, 0) is 12.5 Å². The number of allylic oxidation sites excluding steroid dienone is 1. The zero-order valence-corrected chi connectivity index (χ0v) is 7.60. The topological polar surface area (TPSA) is 66.9 Å². The molecule has 0 aliphatic rings. The van der Waals surface area contributed by atoms with Crippen molar-refractivity contribution >= 4 is 6.08 Å². The van der Waals surface area contributed by atoms with Crippen LogP contribution >= 0.6 is 0 Å². The molecule has 0 saturated heterocycles. The molecule has 0 unspecified atom stereocenters. The zero-order chi connectivity index (χ0) is 10.6. The Labute approximate surface area is 81.2 Å². The van der Waals surface area contributed by atoms with Crippen molar-refractivity contribution in [2.75, 3.05) is 0 Å². The van der Waals surface area contributed by atoms with E-state index in [2.05, 4.69) is 0 Å². The van der Waals surface area contributed by atoms with E-state index in [4.69, 9.17) is 5.26 Å². The first-order valence-corrected chi connectivity index (χ1v) is 3.96. The number of rotatable bonds is 2. The van der Waals surface area contributed by atoms with Gasteiger partial charge < -0.3 is 0 Å². The Hall–Kier alpha value is -2.15. The lowest BCUT2D eigenvalue weighted by atomic mass is 10.1. The third kappa shape index (κ3) is 2.42. The Bertz CT molecular complexity index is 413. The van der Waals surface area contributed by atoms with Gasteiger partial charge in [0.1, 0.15) is 0 Å². The molecule has 0 radical (unpaired) electrons. The maximum atomic E-state index is 10.3. The molecular weight excluding hydrogens is 180 g/mol. The van der Waals surface area contributed by atoms with E-state index < -0.39 is 10.6 Å². The summed E-state index contributed by atoms with van der Waals surface area (Å²) in [5.41, 5.74) is 1.28. The highest BCUT2D eigenvalue weighted by atomic mass is 16.6. The van der Waals surface area contributed by atoms with Gasteiger partial charge in [0.05, 0.1) is 4.92 Å². The zero-order valence-electron chi connectivity index (χ0n) is 7.60. The Morgan fingerprint density at radius 3 is 2.50 bits per heavy atom. The van der Waals surface area contributed by atoms with Crippen LogP contribution in [-0.4, -0.2) is 4.92 Å². The molecular formula is C10H8N2O2. The minimum atomic E-state index is -0.695. The molecule has 4 heteroatoms. The van der Waals surface area contributed by atoms with E-state index in [1.54, 1.807) is 12.1 Å². The summed E-state index contributed by atoms with van der Waals surface area (Å²) in [6.07, 6.45) is 1.25. The van der Waals surface area contributed by atoms with E-state index in [0.29, 0.717) is 5.56 Å². The lowest BCUT2D eigenvalue weighted by Crippen LogP contribution is -1.94. The molecule has 0 bridgehead atoms. The Kier molecular flexibility index (Phi) is 2.97. The summed E-state index contributed by atoms with van der Waals surface area (Å²) in [6, 6.07) is 8.66. The average Bonchev–Trinajstić information content (AvgIpc) is 2.16. The van der Waals surface area contributed by atoms with E-state index in [0.717, 1.165) is 5.56 Å². The predicted octanol–water partition coefficient (Wildman–Crippen LogP) is 2.14. The van der Waals surface area contributed by atoms with Gasteiger partial charge in [0.15, 0.2) is 6.07 Å². The van der Waals surface area contributed by atoms with Gasteiger partial charge >= 0.3 is 5.70 Å². The summed E-state index contributed by atoms with van der Waals surface area (Å²) in [5.74, 6) is 0. The number of hydrogen-bond donors (Lipinski definition) is 0. The van der Waals surface area contributed by atoms with E-state index in [1.807, 2.05) is 19.1 Å². The molecule has 0 aromatic heterocycles. The fourth-order valence-electron chi connectivity index (χ4n) is 0.946. The monoisotopic (exact) mass is 188 g/mol. The summed E-state index contributed by atoms with van der Waals surface area (Å²) < 4.78 is 0. The Morgan fingerprint density at radius 2 is 2.07 bits per heavy atom. The van der Waals surface area contributed by atoms with Crippen LogP contribution in [0.15, 0.2) is 30.0 Å². The molecule has 0 amide bonds. The molecule has 14 heavy (non-hydrogen) atoms. The molecule has 0 atom stereocenters. The Balaban J connectivity index is 3.03. The van der Waals surface area contributed by atoms with Crippen LogP contribution in [-0.2, 0) is 0 Å². The minimum absolute atomic E-state index is 0.450. The lowest BCUT2D eigenvalue weighted by molar-refractivity contribution is -0.415. The molecule has 0 N–H and O–H groups in total. The van der Waals surface area contributed by atoms with E-state index in [-0.39, 0.29) is 0 Å². The van der Waals surface area contributed by atoms with Gasteiger partial charge in [0.25, 0.3) is 0 Å². The van der Waals surface area contributed by atoms with Crippen LogP contribution in [0, 0.1) is 28.4 Å². The number of nitriles is 1. The number of aryl methyl sites for hydroxylation is 1. The average molecular weight is 188 g/mol. The number of benzene rings is 1. The standard InChI is InChI=1S/C10H8N2O2/c1-8-2-4-9(5-3-8)6-10(7-11)12(13)14/h2-6H,1H3. The number of nitro groups is 1. The largest absolute Gasteiger partial charge is 0.346 e.